The van der Waals surface area contributed by atoms with Crippen LogP contribution in [0.4, 0.5) is 0 Å². The number of amides is 1. The van der Waals surface area contributed by atoms with Crippen molar-refractivity contribution in [3.05, 3.63) is 48.2 Å². The summed E-state index contributed by atoms with van der Waals surface area (Å²) < 4.78 is 2.07. The Morgan fingerprint density at radius 3 is 3.16 bits per heavy atom. The Morgan fingerprint density at radius 1 is 1.36 bits per heavy atom. The number of benzene rings is 1. The van der Waals surface area contributed by atoms with Crippen LogP contribution in [0.3, 0.4) is 0 Å². The van der Waals surface area contributed by atoms with E-state index in [0.717, 1.165) is 61.1 Å². The lowest BCUT2D eigenvalue weighted by atomic mass is 10.1. The molecule has 1 atom stereocenters. The molecule has 6 heteroatoms. The molecule has 4 rings (SSSR count). The highest BCUT2D eigenvalue weighted by atomic mass is 16.2. The molecule has 1 amide bonds. The van der Waals surface area contributed by atoms with E-state index in [9.17, 15) is 4.79 Å². The third-order valence-electron chi connectivity index (χ3n) is 5.20. The van der Waals surface area contributed by atoms with E-state index in [2.05, 4.69) is 31.6 Å². The predicted octanol–water partition coefficient (Wildman–Crippen LogP) is 3.02. The summed E-state index contributed by atoms with van der Waals surface area (Å²) >= 11 is 0. The molecule has 3 heterocycles. The van der Waals surface area contributed by atoms with Crippen molar-refractivity contribution in [2.24, 2.45) is 0 Å². The third kappa shape index (κ3) is 2.92. The summed E-state index contributed by atoms with van der Waals surface area (Å²) in [7, 11) is 0. The number of aromatic amines is 1. The minimum Gasteiger partial charge on any atom is -0.361 e. The molecule has 0 spiro atoms. The molecule has 1 unspecified atom stereocenters. The van der Waals surface area contributed by atoms with Gasteiger partial charge in [0.2, 0.25) is 0 Å². The summed E-state index contributed by atoms with van der Waals surface area (Å²) in [6.45, 7) is 3.81. The number of nitrogens with one attached hydrogen (secondary N) is 1. The summed E-state index contributed by atoms with van der Waals surface area (Å²) in [5, 5.41) is 9.22. The van der Waals surface area contributed by atoms with Crippen molar-refractivity contribution in [1.29, 1.82) is 0 Å². The van der Waals surface area contributed by atoms with Crippen molar-refractivity contribution < 1.29 is 4.79 Å². The van der Waals surface area contributed by atoms with E-state index in [1.807, 2.05) is 30.5 Å². The van der Waals surface area contributed by atoms with Crippen molar-refractivity contribution in [2.75, 3.05) is 6.54 Å². The average molecular weight is 337 g/mol. The molecule has 0 saturated carbocycles. The van der Waals surface area contributed by atoms with E-state index in [-0.39, 0.29) is 11.9 Å². The molecule has 2 aromatic heterocycles. The Bertz CT molecular complexity index is 881. The van der Waals surface area contributed by atoms with Gasteiger partial charge in [-0.1, -0.05) is 6.07 Å². The van der Waals surface area contributed by atoms with Crippen molar-refractivity contribution >= 4 is 16.8 Å². The minimum atomic E-state index is 0.143. The first-order valence-electron chi connectivity index (χ1n) is 9.01. The summed E-state index contributed by atoms with van der Waals surface area (Å²) in [5.74, 6) is 1.15. The summed E-state index contributed by atoms with van der Waals surface area (Å²) in [5.41, 5.74) is 1.81. The largest absolute Gasteiger partial charge is 0.361 e. The number of H-pyrrole nitrogens is 1. The molecule has 0 aliphatic carbocycles. The molecule has 1 fully saturated rings. The molecular formula is C19H23N5O. The number of rotatable bonds is 5. The first kappa shape index (κ1) is 15.9. The standard InChI is InChI=1S/C19H23N5O/c1-2-23-13-21-22-18(23)9-8-14-5-4-12-24(14)19(25)16-6-3-7-17-15(16)10-11-20-17/h3,6-7,10-11,13-14,20H,2,4-5,8-9,12H2,1H3. The van der Waals surface area contributed by atoms with E-state index in [4.69, 9.17) is 0 Å². The van der Waals surface area contributed by atoms with Crippen LogP contribution in [0.25, 0.3) is 10.9 Å². The van der Waals surface area contributed by atoms with Gasteiger partial charge < -0.3 is 14.5 Å². The number of carbonyl (C=O) groups excluding carboxylic acids is 1. The van der Waals surface area contributed by atoms with E-state index in [1.54, 1.807) is 6.33 Å². The smallest absolute Gasteiger partial charge is 0.254 e. The van der Waals surface area contributed by atoms with E-state index < -0.39 is 0 Å². The number of hydrogen-bond donors (Lipinski definition) is 1. The van der Waals surface area contributed by atoms with Crippen LogP contribution in [-0.4, -0.2) is 43.1 Å². The predicted molar refractivity (Wildman–Crippen MR) is 96.4 cm³/mol. The Kier molecular flexibility index (Phi) is 4.26. The van der Waals surface area contributed by atoms with E-state index in [1.165, 1.54) is 0 Å². The van der Waals surface area contributed by atoms with Crippen molar-refractivity contribution in [2.45, 2.75) is 45.2 Å². The highest BCUT2D eigenvalue weighted by Gasteiger charge is 2.30. The van der Waals surface area contributed by atoms with Crippen LogP contribution < -0.4 is 0 Å². The van der Waals surface area contributed by atoms with Gasteiger partial charge in [-0.25, -0.2) is 0 Å². The minimum absolute atomic E-state index is 0.143. The molecule has 1 saturated heterocycles. The van der Waals surface area contributed by atoms with Crippen LogP contribution in [0.15, 0.2) is 36.8 Å². The number of aryl methyl sites for hydroxylation is 2. The molecule has 0 bridgehead atoms. The van der Waals surface area contributed by atoms with Crippen LogP contribution in [0.1, 0.15) is 42.4 Å². The lowest BCUT2D eigenvalue weighted by Crippen LogP contribution is -2.36. The fourth-order valence-electron chi connectivity index (χ4n) is 3.86. The quantitative estimate of drug-likeness (QED) is 0.778. The van der Waals surface area contributed by atoms with Crippen LogP contribution in [0.5, 0.6) is 0 Å². The third-order valence-corrected chi connectivity index (χ3v) is 5.20. The van der Waals surface area contributed by atoms with Gasteiger partial charge in [0, 0.05) is 48.2 Å². The number of aromatic nitrogens is 4. The second-order valence-corrected chi connectivity index (χ2v) is 6.61. The fraction of sp³-hybridized carbons (Fsp3) is 0.421. The molecule has 1 aliphatic rings. The van der Waals surface area contributed by atoms with Gasteiger partial charge in [-0.05, 0) is 44.4 Å². The number of fused-ring (bicyclic) bond motifs is 1. The van der Waals surface area contributed by atoms with Gasteiger partial charge in [-0.2, -0.15) is 0 Å². The lowest BCUT2D eigenvalue weighted by Gasteiger charge is -2.25. The summed E-state index contributed by atoms with van der Waals surface area (Å²) in [4.78, 5) is 18.4. The molecule has 1 aromatic carbocycles. The molecule has 1 aliphatic heterocycles. The molecule has 6 nitrogen and oxygen atoms in total. The van der Waals surface area contributed by atoms with Gasteiger partial charge in [0.05, 0.1) is 0 Å². The van der Waals surface area contributed by atoms with Gasteiger partial charge in [0.25, 0.3) is 5.91 Å². The Balaban J connectivity index is 1.51. The SMILES string of the molecule is CCn1cnnc1CCC1CCCN1C(=O)c1cccc2[nH]ccc12. The van der Waals surface area contributed by atoms with Crippen LogP contribution >= 0.6 is 0 Å². The fourth-order valence-corrected chi connectivity index (χ4v) is 3.86. The number of carbonyl (C=O) groups is 1. The highest BCUT2D eigenvalue weighted by Crippen LogP contribution is 2.26. The van der Waals surface area contributed by atoms with Crippen molar-refractivity contribution in [3.8, 4) is 0 Å². The maximum atomic E-state index is 13.1. The zero-order valence-corrected chi connectivity index (χ0v) is 14.5. The first-order valence-corrected chi connectivity index (χ1v) is 9.01. The number of likely N-dealkylation sites (tertiary alicyclic amines) is 1. The molecule has 130 valence electrons. The highest BCUT2D eigenvalue weighted by molar-refractivity contribution is 6.06. The molecule has 3 aromatic rings. The van der Waals surface area contributed by atoms with Gasteiger partial charge >= 0.3 is 0 Å². The first-order chi connectivity index (χ1) is 12.3. The van der Waals surface area contributed by atoms with Gasteiger partial charge in [0.15, 0.2) is 0 Å². The van der Waals surface area contributed by atoms with Crippen molar-refractivity contribution in [3.63, 3.8) is 0 Å². The normalized spacial score (nSPS) is 17.5. The number of nitrogens with zero attached hydrogens (tertiary/aromatic N) is 4. The van der Waals surface area contributed by atoms with Gasteiger partial charge in [-0.15, -0.1) is 10.2 Å². The Hall–Kier alpha value is -2.63. The van der Waals surface area contributed by atoms with E-state index in [0.29, 0.717) is 0 Å². The Labute approximate surface area is 146 Å². The van der Waals surface area contributed by atoms with Gasteiger partial charge in [0.1, 0.15) is 12.2 Å². The van der Waals surface area contributed by atoms with Crippen LogP contribution in [0, 0.1) is 0 Å². The zero-order chi connectivity index (χ0) is 17.2. The molecule has 25 heavy (non-hydrogen) atoms. The monoisotopic (exact) mass is 337 g/mol. The number of hydrogen-bond acceptors (Lipinski definition) is 3. The summed E-state index contributed by atoms with van der Waals surface area (Å²) in [6, 6.07) is 8.15. The average Bonchev–Trinajstić information content (AvgIpc) is 3.38. The van der Waals surface area contributed by atoms with Gasteiger partial charge in [-0.3, -0.25) is 4.79 Å². The molecular weight excluding hydrogens is 314 g/mol. The van der Waals surface area contributed by atoms with Crippen LogP contribution in [0.2, 0.25) is 0 Å². The van der Waals surface area contributed by atoms with Crippen molar-refractivity contribution in [1.82, 2.24) is 24.6 Å². The maximum Gasteiger partial charge on any atom is 0.254 e. The molecule has 1 N–H and O–H groups in total. The Morgan fingerprint density at radius 2 is 2.28 bits per heavy atom. The molecule has 0 radical (unpaired) electrons. The zero-order valence-electron chi connectivity index (χ0n) is 14.5. The second kappa shape index (κ2) is 6.70. The topological polar surface area (TPSA) is 66.8 Å². The maximum absolute atomic E-state index is 13.1. The van der Waals surface area contributed by atoms with E-state index >= 15 is 0 Å². The lowest BCUT2D eigenvalue weighted by molar-refractivity contribution is 0.0732. The van der Waals surface area contributed by atoms with Crippen LogP contribution in [-0.2, 0) is 13.0 Å². The summed E-state index contributed by atoms with van der Waals surface area (Å²) in [6.07, 6.45) is 7.60. The second-order valence-electron chi connectivity index (χ2n) is 6.61.